The van der Waals surface area contributed by atoms with E-state index in [4.69, 9.17) is 4.74 Å². The van der Waals surface area contributed by atoms with Crippen molar-refractivity contribution in [1.29, 1.82) is 0 Å². The highest BCUT2D eigenvalue weighted by Crippen LogP contribution is 2.45. The predicted molar refractivity (Wildman–Crippen MR) is 135 cm³/mol. The molecular formula is C27H39N3O4S. The number of sulfonamides is 1. The highest BCUT2D eigenvalue weighted by Gasteiger charge is 2.49. The molecule has 192 valence electrons. The van der Waals surface area contributed by atoms with Crippen LogP contribution in [0.5, 0.6) is 0 Å². The monoisotopic (exact) mass is 501 g/mol. The fourth-order valence-corrected chi connectivity index (χ4v) is 9.34. The molecule has 1 aromatic carbocycles. The second-order valence-corrected chi connectivity index (χ2v) is 13.6. The van der Waals surface area contributed by atoms with E-state index in [1.165, 1.54) is 11.1 Å². The molecule has 0 radical (unpaired) electrons. The molecule has 35 heavy (non-hydrogen) atoms. The van der Waals surface area contributed by atoms with Crippen molar-refractivity contribution in [3.63, 3.8) is 0 Å². The zero-order chi connectivity index (χ0) is 24.2. The minimum absolute atomic E-state index is 0.0907. The lowest BCUT2D eigenvalue weighted by Gasteiger charge is -2.51. The molecule has 2 bridgehead atoms. The smallest absolute Gasteiger partial charge is 0.410 e. The second kappa shape index (κ2) is 9.03. The quantitative estimate of drug-likeness (QED) is 0.615. The fraction of sp³-hybridized carbons (Fsp3) is 0.741. The minimum Gasteiger partial charge on any atom is -0.450 e. The van der Waals surface area contributed by atoms with Crippen molar-refractivity contribution in [3.05, 3.63) is 35.4 Å². The van der Waals surface area contributed by atoms with Gasteiger partial charge in [-0.15, -0.1) is 0 Å². The van der Waals surface area contributed by atoms with Gasteiger partial charge < -0.3 is 14.5 Å². The van der Waals surface area contributed by atoms with Gasteiger partial charge in [0.1, 0.15) is 0 Å². The van der Waals surface area contributed by atoms with E-state index in [0.29, 0.717) is 49.5 Å². The molecule has 6 rings (SSSR count). The lowest BCUT2D eigenvalue weighted by Crippen LogP contribution is -2.57. The fourth-order valence-electron chi connectivity index (χ4n) is 7.42. The molecule has 2 atom stereocenters. The number of likely N-dealkylation sites (tertiary alicyclic amines) is 1. The Balaban J connectivity index is 1.16. The Kier molecular flexibility index (Phi) is 6.13. The SMILES string of the molecule is CCOC(=O)N1C2CCC1CC(N1CCC3(CC1)CN(S(=O)(=O)CC1CC1)Cc1ccccc13)C2. The van der Waals surface area contributed by atoms with Crippen molar-refractivity contribution in [3.8, 4) is 0 Å². The summed E-state index contributed by atoms with van der Waals surface area (Å²) in [4.78, 5) is 17.1. The van der Waals surface area contributed by atoms with Gasteiger partial charge in [-0.3, -0.25) is 0 Å². The highest BCUT2D eigenvalue weighted by atomic mass is 32.2. The summed E-state index contributed by atoms with van der Waals surface area (Å²) in [6.45, 7) is 5.44. The average Bonchev–Trinajstić information content (AvgIpc) is 3.61. The first kappa shape index (κ1) is 23.7. The third kappa shape index (κ3) is 4.40. The number of hydrogen-bond acceptors (Lipinski definition) is 5. The number of carbonyl (C=O) groups excluding carboxylic acids is 1. The molecule has 0 N–H and O–H groups in total. The van der Waals surface area contributed by atoms with Crippen LogP contribution in [-0.4, -0.2) is 78.7 Å². The van der Waals surface area contributed by atoms with Gasteiger partial charge >= 0.3 is 6.09 Å². The van der Waals surface area contributed by atoms with Crippen LogP contribution < -0.4 is 0 Å². The van der Waals surface area contributed by atoms with Gasteiger partial charge in [0.25, 0.3) is 0 Å². The van der Waals surface area contributed by atoms with E-state index >= 15 is 0 Å². The number of rotatable bonds is 5. The summed E-state index contributed by atoms with van der Waals surface area (Å²) in [5.74, 6) is 0.685. The molecule has 4 fully saturated rings. The Labute approximate surface area is 209 Å². The number of nitrogens with zero attached hydrogens (tertiary/aromatic N) is 3. The molecule has 7 nitrogen and oxygen atoms in total. The molecule has 1 aromatic rings. The molecule has 1 saturated carbocycles. The summed E-state index contributed by atoms with van der Waals surface area (Å²) < 4.78 is 33.7. The van der Waals surface area contributed by atoms with Gasteiger partial charge in [0, 0.05) is 36.6 Å². The molecule has 0 aromatic heterocycles. The van der Waals surface area contributed by atoms with Crippen LogP contribution in [0.1, 0.15) is 69.4 Å². The van der Waals surface area contributed by atoms with Crippen molar-refractivity contribution in [2.45, 2.75) is 88.4 Å². The number of benzene rings is 1. The molecule has 5 aliphatic rings. The Morgan fingerprint density at radius 2 is 1.71 bits per heavy atom. The van der Waals surface area contributed by atoms with Gasteiger partial charge in [-0.2, -0.15) is 4.31 Å². The molecule has 1 spiro atoms. The summed E-state index contributed by atoms with van der Waals surface area (Å²) in [7, 11) is -3.23. The van der Waals surface area contributed by atoms with Gasteiger partial charge in [-0.1, -0.05) is 24.3 Å². The Hall–Kier alpha value is -1.64. The standard InChI is InChI=1S/C27H39N3O4S/c1-2-34-26(31)30-22-9-10-23(30)16-24(15-22)28-13-11-27(12-14-28)19-29(35(32,33)18-20-7-8-20)17-21-5-3-4-6-25(21)27/h3-6,20,22-24H,2,7-19H2,1H3. The van der Waals surface area contributed by atoms with Gasteiger partial charge in [0.2, 0.25) is 10.0 Å². The van der Waals surface area contributed by atoms with Crippen LogP contribution in [0, 0.1) is 5.92 Å². The summed E-state index contributed by atoms with van der Waals surface area (Å²) in [6, 6.07) is 9.64. The highest BCUT2D eigenvalue weighted by molar-refractivity contribution is 7.89. The van der Waals surface area contributed by atoms with Crippen molar-refractivity contribution >= 4 is 16.1 Å². The van der Waals surface area contributed by atoms with Crippen LogP contribution in [0.4, 0.5) is 4.79 Å². The normalized spacial score (nSPS) is 30.9. The number of ether oxygens (including phenoxy) is 1. The van der Waals surface area contributed by atoms with E-state index in [1.807, 2.05) is 17.9 Å². The molecule has 4 heterocycles. The third-order valence-corrected chi connectivity index (χ3v) is 11.3. The summed E-state index contributed by atoms with van der Waals surface area (Å²) in [5.41, 5.74) is 2.47. The van der Waals surface area contributed by atoms with E-state index in [2.05, 4.69) is 23.1 Å². The molecule has 2 unspecified atom stereocenters. The largest absolute Gasteiger partial charge is 0.450 e. The number of hydrogen-bond donors (Lipinski definition) is 0. The van der Waals surface area contributed by atoms with Gasteiger partial charge in [-0.05, 0) is 88.4 Å². The van der Waals surface area contributed by atoms with Crippen LogP contribution >= 0.6 is 0 Å². The van der Waals surface area contributed by atoms with Crippen molar-refractivity contribution in [2.75, 3.05) is 32.0 Å². The maximum atomic E-state index is 13.3. The maximum Gasteiger partial charge on any atom is 0.410 e. The lowest BCUT2D eigenvalue weighted by atomic mass is 9.69. The molecule has 3 saturated heterocycles. The summed E-state index contributed by atoms with van der Waals surface area (Å²) in [5, 5.41) is 0. The zero-order valence-electron chi connectivity index (χ0n) is 20.9. The van der Waals surface area contributed by atoms with Crippen LogP contribution in [0.3, 0.4) is 0 Å². The average molecular weight is 502 g/mol. The predicted octanol–water partition coefficient (Wildman–Crippen LogP) is 3.73. The van der Waals surface area contributed by atoms with E-state index in [9.17, 15) is 13.2 Å². The first-order valence-electron chi connectivity index (χ1n) is 13.6. The van der Waals surface area contributed by atoms with Gasteiger partial charge in [0.05, 0.1) is 12.4 Å². The molecule has 1 amide bonds. The van der Waals surface area contributed by atoms with Crippen LogP contribution in [-0.2, 0) is 26.7 Å². The maximum absolute atomic E-state index is 13.3. The van der Waals surface area contributed by atoms with Crippen LogP contribution in [0.15, 0.2) is 24.3 Å². The van der Waals surface area contributed by atoms with E-state index in [1.54, 1.807) is 4.31 Å². The van der Waals surface area contributed by atoms with Crippen LogP contribution in [0.2, 0.25) is 0 Å². The summed E-state index contributed by atoms with van der Waals surface area (Å²) in [6.07, 6.45) is 8.18. The van der Waals surface area contributed by atoms with E-state index in [-0.39, 0.29) is 11.5 Å². The number of carbonyl (C=O) groups is 1. The molecular weight excluding hydrogens is 462 g/mol. The summed E-state index contributed by atoms with van der Waals surface area (Å²) >= 11 is 0. The molecule has 1 aliphatic carbocycles. The van der Waals surface area contributed by atoms with Crippen molar-refractivity contribution in [2.24, 2.45) is 5.92 Å². The first-order valence-corrected chi connectivity index (χ1v) is 15.2. The molecule has 8 heteroatoms. The lowest BCUT2D eigenvalue weighted by molar-refractivity contribution is 0.0237. The van der Waals surface area contributed by atoms with E-state index < -0.39 is 10.0 Å². The topological polar surface area (TPSA) is 70.2 Å². The van der Waals surface area contributed by atoms with E-state index in [0.717, 1.165) is 64.5 Å². The second-order valence-electron chi connectivity index (χ2n) is 11.6. The van der Waals surface area contributed by atoms with Gasteiger partial charge in [0.15, 0.2) is 0 Å². The minimum atomic E-state index is -3.23. The third-order valence-electron chi connectivity index (χ3n) is 9.41. The number of fused-ring (bicyclic) bond motifs is 4. The number of piperidine rings is 2. The Morgan fingerprint density at radius 3 is 2.37 bits per heavy atom. The van der Waals surface area contributed by atoms with Crippen molar-refractivity contribution in [1.82, 2.24) is 14.1 Å². The van der Waals surface area contributed by atoms with Gasteiger partial charge in [-0.25, -0.2) is 13.2 Å². The Bertz CT molecular complexity index is 1050. The van der Waals surface area contributed by atoms with Crippen LogP contribution in [0.25, 0.3) is 0 Å². The van der Waals surface area contributed by atoms with Crippen molar-refractivity contribution < 1.29 is 17.9 Å². The first-order chi connectivity index (χ1) is 16.9. The molecule has 4 aliphatic heterocycles. The number of amides is 1. The Morgan fingerprint density at radius 1 is 1.03 bits per heavy atom. The zero-order valence-corrected chi connectivity index (χ0v) is 21.7.